The van der Waals surface area contributed by atoms with Crippen LogP contribution in [0.15, 0.2) is 0 Å². The second-order valence-electron chi connectivity index (χ2n) is 13.4. The fraction of sp³-hybridized carbons (Fsp3) is 0.941. The number of likely N-dealkylation sites (tertiary alicyclic amines) is 1. The predicted octanol–water partition coefficient (Wildman–Crippen LogP) is 6.83. The van der Waals surface area contributed by atoms with Crippen molar-refractivity contribution in [3.8, 4) is 0 Å². The molecular formula is C34H65BBrN4O. The molecule has 0 bridgehead atoms. The van der Waals surface area contributed by atoms with E-state index in [-0.39, 0.29) is 12.0 Å². The van der Waals surface area contributed by atoms with Crippen LogP contribution in [-0.2, 0) is 4.79 Å². The molecule has 4 rings (SSSR count). The first kappa shape index (κ1) is 37.0. The van der Waals surface area contributed by atoms with Gasteiger partial charge < -0.3 is 10.2 Å². The second kappa shape index (κ2) is 17.9. The number of hydrogen-bond acceptors (Lipinski definition) is 4. The molecular weight excluding hydrogens is 571 g/mol. The van der Waals surface area contributed by atoms with Crippen molar-refractivity contribution in [3.05, 3.63) is 0 Å². The van der Waals surface area contributed by atoms with Crippen molar-refractivity contribution in [3.63, 3.8) is 0 Å². The molecule has 1 radical (unpaired) electrons. The predicted molar refractivity (Wildman–Crippen MR) is 183 cm³/mol. The molecule has 5 nitrogen and oxygen atoms in total. The SMILES string of the molecule is CC.CCC(C)C1NN(C2CCC(C(C)C)CC2)C2CCN(C(=O)C3CCC(Br)C(C)C3NC)C(CC)C12.[B]=CC. The van der Waals surface area contributed by atoms with Crippen LogP contribution in [-0.4, -0.2) is 77.9 Å². The van der Waals surface area contributed by atoms with Crippen LogP contribution < -0.4 is 10.7 Å². The van der Waals surface area contributed by atoms with Crippen molar-refractivity contribution in [1.29, 1.82) is 0 Å². The minimum absolute atomic E-state index is 0.100. The summed E-state index contributed by atoms with van der Waals surface area (Å²) in [6.07, 6.45) is 10.8. The van der Waals surface area contributed by atoms with Crippen LogP contribution in [0.3, 0.4) is 0 Å². The standard InChI is InChI=1S/C30H55BrN4O.C2H4B.C2H6/c1-8-19(5)28-27-25(9-2)34(30(36)23-14-15-24(31)20(6)29(23)32-7)17-16-26(27)35(33-28)22-12-10-21(11-13-22)18(3)4;1-2-3;1-2/h18-29,32-33H,8-17H2,1-7H3;2H,1H3;1-2H3. The maximum atomic E-state index is 14.2. The Bertz CT molecular complexity index is 776. The fourth-order valence-corrected chi connectivity index (χ4v) is 9.12. The first-order valence-corrected chi connectivity index (χ1v) is 18.2. The molecule has 7 heteroatoms. The Morgan fingerprint density at radius 2 is 1.68 bits per heavy atom. The van der Waals surface area contributed by atoms with E-state index in [0.717, 1.165) is 44.1 Å². The van der Waals surface area contributed by atoms with Crippen LogP contribution in [0.2, 0.25) is 0 Å². The molecule has 41 heavy (non-hydrogen) atoms. The summed E-state index contributed by atoms with van der Waals surface area (Å²) >= 11 is 3.88. The molecule has 4 aliphatic rings. The molecule has 0 aromatic rings. The van der Waals surface area contributed by atoms with Crippen molar-refractivity contribution < 1.29 is 4.79 Å². The average Bonchev–Trinajstić information content (AvgIpc) is 3.38. The molecule has 9 atom stereocenters. The fourth-order valence-electron chi connectivity index (χ4n) is 8.53. The molecule has 2 saturated heterocycles. The van der Waals surface area contributed by atoms with Gasteiger partial charge in [-0.15, -0.1) is 0 Å². The van der Waals surface area contributed by atoms with Gasteiger partial charge >= 0.3 is 20.4 Å². The molecule has 0 spiro atoms. The molecule has 2 saturated carbocycles. The van der Waals surface area contributed by atoms with Crippen LogP contribution in [0, 0.1) is 35.5 Å². The quantitative estimate of drug-likeness (QED) is 0.238. The summed E-state index contributed by atoms with van der Waals surface area (Å²) in [6.45, 7) is 20.9. The molecule has 237 valence electrons. The molecule has 9 unspecified atom stereocenters. The van der Waals surface area contributed by atoms with E-state index >= 15 is 0 Å². The van der Waals surface area contributed by atoms with Crippen molar-refractivity contribution in [2.75, 3.05) is 13.6 Å². The first-order valence-electron chi connectivity index (χ1n) is 17.3. The van der Waals surface area contributed by atoms with Crippen LogP contribution in [0.25, 0.3) is 0 Å². The Balaban J connectivity index is 0.00000110. The van der Waals surface area contributed by atoms with Crippen molar-refractivity contribution >= 4 is 35.3 Å². The van der Waals surface area contributed by atoms with Crippen LogP contribution in [0.4, 0.5) is 0 Å². The normalized spacial score (nSPS) is 38.2. The molecule has 2 N–H and O–H groups in total. The van der Waals surface area contributed by atoms with Gasteiger partial charge in [-0.3, -0.25) is 10.2 Å². The minimum atomic E-state index is 0.100. The Hall–Kier alpha value is -0.235. The van der Waals surface area contributed by atoms with Crippen molar-refractivity contribution in [2.45, 2.75) is 155 Å². The molecule has 2 aliphatic heterocycles. The van der Waals surface area contributed by atoms with E-state index < -0.39 is 0 Å². The third-order valence-corrected chi connectivity index (χ3v) is 12.3. The Labute approximate surface area is 264 Å². The monoisotopic (exact) mass is 635 g/mol. The number of rotatable bonds is 7. The number of piperidine rings is 1. The zero-order valence-electron chi connectivity index (χ0n) is 28.3. The summed E-state index contributed by atoms with van der Waals surface area (Å²) in [5, 5.41) is 6.27. The van der Waals surface area contributed by atoms with Gasteiger partial charge in [0.1, 0.15) is 0 Å². The molecule has 4 fully saturated rings. The summed E-state index contributed by atoms with van der Waals surface area (Å²) in [6, 6.07) is 2.29. The van der Waals surface area contributed by atoms with Gasteiger partial charge in [-0.05, 0) is 82.1 Å². The number of amides is 1. The van der Waals surface area contributed by atoms with E-state index in [4.69, 9.17) is 7.49 Å². The van der Waals surface area contributed by atoms with Gasteiger partial charge in [0.25, 0.3) is 0 Å². The second-order valence-corrected chi connectivity index (χ2v) is 14.6. The molecule has 0 aromatic heterocycles. The number of halogens is 1. The number of carbonyl (C=O) groups excluding carboxylic acids is 1. The van der Waals surface area contributed by atoms with E-state index in [0.29, 0.717) is 52.7 Å². The van der Waals surface area contributed by atoms with E-state index in [9.17, 15) is 4.79 Å². The van der Waals surface area contributed by atoms with Crippen molar-refractivity contribution in [1.82, 2.24) is 20.7 Å². The van der Waals surface area contributed by atoms with Gasteiger partial charge in [0.15, 0.2) is 0 Å². The summed E-state index contributed by atoms with van der Waals surface area (Å²) in [7, 11) is 6.77. The number of hydrazine groups is 1. The number of fused-ring (bicyclic) bond motifs is 1. The number of hydrogen-bond donors (Lipinski definition) is 2. The summed E-state index contributed by atoms with van der Waals surface area (Å²) in [5.74, 6) is 5.34. The van der Waals surface area contributed by atoms with E-state index in [1.54, 1.807) is 6.92 Å². The Morgan fingerprint density at radius 1 is 1.07 bits per heavy atom. The van der Waals surface area contributed by atoms with Gasteiger partial charge in [0, 0.05) is 47.5 Å². The molecule has 1 amide bonds. The van der Waals surface area contributed by atoms with Crippen LogP contribution in [0.5, 0.6) is 0 Å². The van der Waals surface area contributed by atoms with Crippen molar-refractivity contribution in [2.24, 2.45) is 35.5 Å². The average molecular weight is 637 g/mol. The van der Waals surface area contributed by atoms with Gasteiger partial charge in [-0.1, -0.05) is 77.7 Å². The van der Waals surface area contributed by atoms with Crippen LogP contribution in [0.1, 0.15) is 120 Å². The van der Waals surface area contributed by atoms with Gasteiger partial charge in [-0.25, -0.2) is 5.01 Å². The van der Waals surface area contributed by atoms with E-state index in [1.807, 2.05) is 20.9 Å². The van der Waals surface area contributed by atoms with E-state index in [1.165, 1.54) is 38.1 Å². The van der Waals surface area contributed by atoms with Gasteiger partial charge in [-0.2, -0.15) is 0 Å². The maximum absolute atomic E-state index is 14.2. The number of nitrogens with one attached hydrogen (secondary N) is 2. The molecule has 0 aromatic carbocycles. The van der Waals surface area contributed by atoms with E-state index in [2.05, 4.69) is 78.1 Å². The third kappa shape index (κ3) is 8.48. The summed E-state index contributed by atoms with van der Waals surface area (Å²) < 4.78 is 0. The van der Waals surface area contributed by atoms with Crippen LogP contribution >= 0.6 is 15.9 Å². The zero-order chi connectivity index (χ0) is 30.9. The molecule has 2 heterocycles. The molecule has 2 aliphatic carbocycles. The Morgan fingerprint density at radius 3 is 2.20 bits per heavy atom. The zero-order valence-corrected chi connectivity index (χ0v) is 29.9. The van der Waals surface area contributed by atoms with Gasteiger partial charge in [0.2, 0.25) is 5.91 Å². The topological polar surface area (TPSA) is 47.6 Å². The third-order valence-electron chi connectivity index (χ3n) is 11.0. The number of carbonyl (C=O) groups is 1. The first-order chi connectivity index (χ1) is 19.6. The number of alkyl halides is 1. The van der Waals surface area contributed by atoms with Gasteiger partial charge in [0.05, 0.1) is 5.92 Å². The number of nitrogens with zero attached hydrogens (tertiary/aromatic N) is 2. The Kier molecular flexibility index (Phi) is 16.1. The summed E-state index contributed by atoms with van der Waals surface area (Å²) in [4.78, 5) is 17.1. The summed E-state index contributed by atoms with van der Waals surface area (Å²) in [5.41, 5.74) is 4.11.